The summed E-state index contributed by atoms with van der Waals surface area (Å²) in [4.78, 5) is 2.11. The lowest BCUT2D eigenvalue weighted by atomic mass is 10.00. The summed E-state index contributed by atoms with van der Waals surface area (Å²) in [5.74, 6) is 0. The molecule has 0 amide bonds. The van der Waals surface area contributed by atoms with Crippen LogP contribution in [0.3, 0.4) is 0 Å². The van der Waals surface area contributed by atoms with E-state index in [-0.39, 0.29) is 0 Å². The number of allylic oxidation sites excluding steroid dienone is 3. The van der Waals surface area contributed by atoms with Crippen LogP contribution >= 0.6 is 0 Å². The first-order chi connectivity index (χ1) is 7.86. The molecule has 0 bridgehead atoms. The van der Waals surface area contributed by atoms with Crippen molar-refractivity contribution in [1.82, 2.24) is 0 Å². The van der Waals surface area contributed by atoms with Crippen LogP contribution in [-0.4, -0.2) is 6.54 Å². The lowest BCUT2D eigenvalue weighted by Crippen LogP contribution is -2.19. The van der Waals surface area contributed by atoms with Gasteiger partial charge in [-0.05, 0) is 17.7 Å². The Bertz CT molecular complexity index is 504. The van der Waals surface area contributed by atoms with Crippen LogP contribution in [-0.2, 0) is 0 Å². The highest BCUT2D eigenvalue weighted by Gasteiger charge is 2.13. The Morgan fingerprint density at radius 1 is 1.38 bits per heavy atom. The molecule has 0 fully saturated rings. The molecule has 16 heavy (non-hydrogen) atoms. The van der Waals surface area contributed by atoms with Crippen LogP contribution in [0.4, 0.5) is 5.69 Å². The third kappa shape index (κ3) is 1.76. The van der Waals surface area contributed by atoms with Crippen molar-refractivity contribution in [2.24, 2.45) is 0 Å². The van der Waals surface area contributed by atoms with Gasteiger partial charge >= 0.3 is 0 Å². The number of rotatable bonds is 2. The summed E-state index contributed by atoms with van der Waals surface area (Å²) in [5.41, 5.74) is 3.17. The summed E-state index contributed by atoms with van der Waals surface area (Å²) >= 11 is 0. The van der Waals surface area contributed by atoms with E-state index in [4.69, 9.17) is 5.26 Å². The Hall–Kier alpha value is -2.27. The molecule has 1 heterocycles. The molecule has 78 valence electrons. The molecule has 1 aromatic rings. The van der Waals surface area contributed by atoms with Crippen LogP contribution < -0.4 is 4.90 Å². The van der Waals surface area contributed by atoms with Gasteiger partial charge in [0.25, 0.3) is 0 Å². The molecule has 0 atom stereocenters. The summed E-state index contributed by atoms with van der Waals surface area (Å²) in [5, 5.41) is 8.72. The number of benzene rings is 1. The van der Waals surface area contributed by atoms with Crippen molar-refractivity contribution in [3.63, 3.8) is 0 Å². The van der Waals surface area contributed by atoms with Crippen molar-refractivity contribution in [2.75, 3.05) is 11.4 Å². The molecule has 2 nitrogen and oxygen atoms in total. The van der Waals surface area contributed by atoms with Crippen molar-refractivity contribution in [2.45, 2.75) is 0 Å². The Labute approximate surface area is 95.4 Å². The van der Waals surface area contributed by atoms with Gasteiger partial charge in [0.1, 0.15) is 0 Å². The molecular weight excluding hydrogens is 196 g/mol. The highest BCUT2D eigenvalue weighted by atomic mass is 15.1. The summed E-state index contributed by atoms with van der Waals surface area (Å²) < 4.78 is 0. The summed E-state index contributed by atoms with van der Waals surface area (Å²) in [6.45, 7) is 4.51. The van der Waals surface area contributed by atoms with Gasteiger partial charge in [-0.25, -0.2) is 0 Å². The van der Waals surface area contributed by atoms with Gasteiger partial charge in [0.05, 0.1) is 6.07 Å². The number of nitriles is 1. The molecule has 2 heteroatoms. The molecule has 0 aromatic heterocycles. The van der Waals surface area contributed by atoms with Crippen LogP contribution in [0.25, 0.3) is 5.57 Å². The summed E-state index contributed by atoms with van der Waals surface area (Å²) in [7, 11) is 0. The second-order valence-corrected chi connectivity index (χ2v) is 3.50. The number of anilines is 1. The van der Waals surface area contributed by atoms with Gasteiger partial charge in [0, 0.05) is 30.1 Å². The van der Waals surface area contributed by atoms with Gasteiger partial charge in [0.2, 0.25) is 0 Å². The Morgan fingerprint density at radius 3 is 2.94 bits per heavy atom. The van der Waals surface area contributed by atoms with Gasteiger partial charge in [0.15, 0.2) is 0 Å². The van der Waals surface area contributed by atoms with E-state index in [1.54, 1.807) is 6.08 Å². The molecule has 0 N–H and O–H groups in total. The zero-order chi connectivity index (χ0) is 11.4. The van der Waals surface area contributed by atoms with Crippen molar-refractivity contribution < 1.29 is 0 Å². The van der Waals surface area contributed by atoms with E-state index in [1.807, 2.05) is 42.6 Å². The van der Waals surface area contributed by atoms with Gasteiger partial charge in [-0.1, -0.05) is 24.3 Å². The molecule has 0 aliphatic carbocycles. The SMILES string of the molecule is C=CCN1C=C/C(=C\C#N)c2ccccc21. The van der Waals surface area contributed by atoms with E-state index in [0.29, 0.717) is 0 Å². The molecule has 0 spiro atoms. The molecule has 1 aromatic carbocycles. The third-order valence-corrected chi connectivity index (χ3v) is 2.50. The number of hydrogen-bond donors (Lipinski definition) is 0. The first kappa shape index (κ1) is 10.3. The molecule has 1 aliphatic rings. The van der Waals surface area contributed by atoms with E-state index in [2.05, 4.69) is 17.5 Å². The van der Waals surface area contributed by atoms with Gasteiger partial charge < -0.3 is 4.90 Å². The Kier molecular flexibility index (Phi) is 2.88. The van der Waals surface area contributed by atoms with E-state index in [1.165, 1.54) is 0 Å². The first-order valence-electron chi connectivity index (χ1n) is 5.11. The minimum absolute atomic E-state index is 0.771. The van der Waals surface area contributed by atoms with Crippen LogP contribution in [0.15, 0.2) is 55.3 Å². The second kappa shape index (κ2) is 4.50. The quantitative estimate of drug-likeness (QED) is 0.551. The standard InChI is InChI=1S/C14H12N2/c1-2-10-16-11-8-12(7-9-15)13-5-3-4-6-14(13)16/h2-8,11H,1,10H2/b12-7+. The van der Waals surface area contributed by atoms with E-state index >= 15 is 0 Å². The first-order valence-corrected chi connectivity index (χ1v) is 5.11. The summed E-state index contributed by atoms with van der Waals surface area (Å²) in [6, 6.07) is 10.1. The number of para-hydroxylation sites is 1. The largest absolute Gasteiger partial charge is 0.344 e. The maximum atomic E-state index is 8.72. The van der Waals surface area contributed by atoms with Crippen LogP contribution in [0, 0.1) is 11.3 Å². The topological polar surface area (TPSA) is 27.0 Å². The second-order valence-electron chi connectivity index (χ2n) is 3.50. The van der Waals surface area contributed by atoms with E-state index in [9.17, 15) is 0 Å². The molecule has 0 unspecified atom stereocenters. The average molecular weight is 208 g/mol. The maximum absolute atomic E-state index is 8.72. The zero-order valence-electron chi connectivity index (χ0n) is 8.93. The minimum atomic E-state index is 0.771. The molecule has 0 saturated carbocycles. The maximum Gasteiger partial charge on any atom is 0.0918 e. The molecule has 0 radical (unpaired) electrons. The number of fused-ring (bicyclic) bond motifs is 1. The van der Waals surface area contributed by atoms with Crippen LogP contribution in [0.1, 0.15) is 5.56 Å². The highest BCUT2D eigenvalue weighted by Crippen LogP contribution is 2.32. The average Bonchev–Trinajstić information content (AvgIpc) is 2.33. The van der Waals surface area contributed by atoms with Crippen molar-refractivity contribution >= 4 is 11.3 Å². The molecule has 0 saturated heterocycles. The molecule has 2 rings (SSSR count). The Morgan fingerprint density at radius 2 is 2.19 bits per heavy atom. The molecule has 1 aliphatic heterocycles. The van der Waals surface area contributed by atoms with Gasteiger partial charge in [-0.15, -0.1) is 6.58 Å². The lowest BCUT2D eigenvalue weighted by molar-refractivity contribution is 1.08. The highest BCUT2D eigenvalue weighted by molar-refractivity contribution is 5.87. The van der Waals surface area contributed by atoms with Crippen LogP contribution in [0.2, 0.25) is 0 Å². The van der Waals surface area contributed by atoms with Crippen molar-refractivity contribution in [3.05, 3.63) is 60.8 Å². The van der Waals surface area contributed by atoms with Crippen molar-refractivity contribution in [1.29, 1.82) is 5.26 Å². The van der Waals surface area contributed by atoms with Gasteiger partial charge in [-0.3, -0.25) is 0 Å². The fourth-order valence-electron chi connectivity index (χ4n) is 1.80. The fraction of sp³-hybridized carbons (Fsp3) is 0.0714. The minimum Gasteiger partial charge on any atom is -0.344 e. The van der Waals surface area contributed by atoms with Crippen molar-refractivity contribution in [3.8, 4) is 6.07 Å². The van der Waals surface area contributed by atoms with Crippen LogP contribution in [0.5, 0.6) is 0 Å². The third-order valence-electron chi connectivity index (χ3n) is 2.50. The van der Waals surface area contributed by atoms with E-state index in [0.717, 1.165) is 23.4 Å². The predicted octanol–water partition coefficient (Wildman–Crippen LogP) is 3.11. The number of hydrogen-bond acceptors (Lipinski definition) is 2. The summed E-state index contributed by atoms with van der Waals surface area (Å²) in [6.07, 6.45) is 7.36. The normalized spacial score (nSPS) is 15.7. The lowest BCUT2D eigenvalue weighted by Gasteiger charge is -2.26. The Balaban J connectivity index is 2.50. The monoisotopic (exact) mass is 208 g/mol. The fourth-order valence-corrected chi connectivity index (χ4v) is 1.80. The van der Waals surface area contributed by atoms with E-state index < -0.39 is 0 Å². The zero-order valence-corrected chi connectivity index (χ0v) is 8.93. The molecular formula is C14H12N2. The smallest absolute Gasteiger partial charge is 0.0918 e. The number of nitrogens with zero attached hydrogens (tertiary/aromatic N) is 2. The predicted molar refractivity (Wildman–Crippen MR) is 66.7 cm³/mol. The van der Waals surface area contributed by atoms with Gasteiger partial charge in [-0.2, -0.15) is 5.26 Å².